The van der Waals surface area contributed by atoms with E-state index in [9.17, 15) is 0 Å². The molecule has 1 aromatic rings. The van der Waals surface area contributed by atoms with Crippen molar-refractivity contribution in [2.75, 3.05) is 26.7 Å². The van der Waals surface area contributed by atoms with Gasteiger partial charge in [-0.3, -0.25) is 4.90 Å². The molecule has 1 aliphatic heterocycles. The highest BCUT2D eigenvalue weighted by Crippen LogP contribution is 2.12. The first-order valence-electron chi connectivity index (χ1n) is 7.23. The summed E-state index contributed by atoms with van der Waals surface area (Å²) in [5, 5.41) is 3.66. The first-order chi connectivity index (χ1) is 9.19. The van der Waals surface area contributed by atoms with E-state index in [1.165, 1.54) is 5.56 Å². The summed E-state index contributed by atoms with van der Waals surface area (Å²) in [6.45, 7) is 7.61. The second-order valence-electron chi connectivity index (χ2n) is 5.64. The van der Waals surface area contributed by atoms with Gasteiger partial charge in [0.05, 0.1) is 6.10 Å². The molecule has 3 unspecified atom stereocenters. The van der Waals surface area contributed by atoms with Gasteiger partial charge in [0, 0.05) is 38.8 Å². The fraction of sp³-hybridized carbons (Fsp3) is 0.625. The molecule has 0 bridgehead atoms. The number of hydrogen-bond donors (Lipinski definition) is 1. The van der Waals surface area contributed by atoms with Crippen LogP contribution in [0.15, 0.2) is 30.3 Å². The highest BCUT2D eigenvalue weighted by atomic mass is 16.5. The van der Waals surface area contributed by atoms with Gasteiger partial charge in [-0.15, -0.1) is 0 Å². The minimum absolute atomic E-state index is 0.304. The first-order valence-corrected chi connectivity index (χ1v) is 7.23. The average Bonchev–Trinajstić information content (AvgIpc) is 2.43. The van der Waals surface area contributed by atoms with Crippen LogP contribution in [-0.2, 0) is 11.2 Å². The first kappa shape index (κ1) is 14.5. The minimum atomic E-state index is 0.304. The van der Waals surface area contributed by atoms with Crippen molar-refractivity contribution in [3.8, 4) is 0 Å². The fourth-order valence-electron chi connectivity index (χ4n) is 2.69. The van der Waals surface area contributed by atoms with E-state index in [-0.39, 0.29) is 0 Å². The number of hydrogen-bond acceptors (Lipinski definition) is 3. The molecular formula is C16H26N2O. The number of piperazine rings is 1. The van der Waals surface area contributed by atoms with E-state index in [0.717, 1.165) is 26.1 Å². The molecule has 0 aliphatic carbocycles. The van der Waals surface area contributed by atoms with Gasteiger partial charge in [-0.25, -0.2) is 0 Å². The Morgan fingerprint density at radius 2 is 2.11 bits per heavy atom. The van der Waals surface area contributed by atoms with Crippen molar-refractivity contribution < 1.29 is 4.74 Å². The van der Waals surface area contributed by atoms with Gasteiger partial charge in [0.15, 0.2) is 0 Å². The van der Waals surface area contributed by atoms with Crippen LogP contribution < -0.4 is 5.32 Å². The average molecular weight is 262 g/mol. The number of ether oxygens (including phenoxy) is 1. The quantitative estimate of drug-likeness (QED) is 0.877. The van der Waals surface area contributed by atoms with E-state index < -0.39 is 0 Å². The molecule has 2 rings (SSSR count). The Kier molecular flexibility index (Phi) is 5.37. The Labute approximate surface area is 116 Å². The summed E-state index contributed by atoms with van der Waals surface area (Å²) in [5.74, 6) is 0. The van der Waals surface area contributed by atoms with Gasteiger partial charge in [-0.1, -0.05) is 30.3 Å². The van der Waals surface area contributed by atoms with Crippen LogP contribution in [0.25, 0.3) is 0 Å². The largest absolute Gasteiger partial charge is 0.380 e. The van der Waals surface area contributed by atoms with Crippen molar-refractivity contribution in [1.82, 2.24) is 10.2 Å². The summed E-state index contributed by atoms with van der Waals surface area (Å²) < 4.78 is 5.39. The van der Waals surface area contributed by atoms with Gasteiger partial charge in [0.1, 0.15) is 0 Å². The molecule has 1 saturated heterocycles. The molecule has 0 saturated carbocycles. The lowest BCUT2D eigenvalue weighted by Crippen LogP contribution is -2.57. The molecule has 1 aliphatic rings. The van der Waals surface area contributed by atoms with Crippen molar-refractivity contribution in [3.05, 3.63) is 35.9 Å². The van der Waals surface area contributed by atoms with E-state index in [4.69, 9.17) is 4.74 Å². The van der Waals surface area contributed by atoms with Crippen molar-refractivity contribution >= 4 is 0 Å². The van der Waals surface area contributed by atoms with Crippen molar-refractivity contribution in [2.24, 2.45) is 0 Å². The van der Waals surface area contributed by atoms with Crippen LogP contribution in [0.2, 0.25) is 0 Å². The highest BCUT2D eigenvalue weighted by molar-refractivity contribution is 5.16. The van der Waals surface area contributed by atoms with Crippen LogP contribution in [0.4, 0.5) is 0 Å². The van der Waals surface area contributed by atoms with Gasteiger partial charge in [0.2, 0.25) is 0 Å². The van der Waals surface area contributed by atoms with Crippen LogP contribution in [0.3, 0.4) is 0 Å². The summed E-state index contributed by atoms with van der Waals surface area (Å²) in [4.78, 5) is 2.54. The third kappa shape index (κ3) is 4.30. The predicted molar refractivity (Wildman–Crippen MR) is 79.4 cm³/mol. The summed E-state index contributed by atoms with van der Waals surface area (Å²) in [6.07, 6.45) is 1.41. The maximum Gasteiger partial charge on any atom is 0.0670 e. The lowest BCUT2D eigenvalue weighted by atomic mass is 10.0. The Morgan fingerprint density at radius 3 is 2.79 bits per heavy atom. The number of rotatable bonds is 5. The number of benzene rings is 1. The predicted octanol–water partition coefficient (Wildman–Crippen LogP) is 1.93. The smallest absolute Gasteiger partial charge is 0.0670 e. The second-order valence-corrected chi connectivity index (χ2v) is 5.64. The standard InChI is InChI=1S/C16H26N2O/c1-13-10-17-16(9-15-7-5-4-6-8-15)12-18(13)11-14(2)19-3/h4-8,13-14,16-17H,9-12H2,1-3H3. The molecule has 3 nitrogen and oxygen atoms in total. The van der Waals surface area contributed by atoms with Crippen molar-refractivity contribution in [3.63, 3.8) is 0 Å². The monoisotopic (exact) mass is 262 g/mol. The minimum Gasteiger partial charge on any atom is -0.380 e. The Bertz CT molecular complexity index is 368. The van der Waals surface area contributed by atoms with Gasteiger partial charge in [-0.2, -0.15) is 0 Å². The molecule has 0 spiro atoms. The number of nitrogens with one attached hydrogen (secondary N) is 1. The van der Waals surface area contributed by atoms with Gasteiger partial charge in [-0.05, 0) is 25.8 Å². The van der Waals surface area contributed by atoms with Gasteiger partial charge >= 0.3 is 0 Å². The van der Waals surface area contributed by atoms with Crippen LogP contribution in [0.5, 0.6) is 0 Å². The zero-order chi connectivity index (χ0) is 13.7. The topological polar surface area (TPSA) is 24.5 Å². The third-order valence-corrected chi connectivity index (χ3v) is 4.00. The van der Waals surface area contributed by atoms with E-state index in [2.05, 4.69) is 54.4 Å². The summed E-state index contributed by atoms with van der Waals surface area (Å²) in [6, 6.07) is 11.9. The molecule has 3 heteroatoms. The van der Waals surface area contributed by atoms with Gasteiger partial charge in [0.25, 0.3) is 0 Å². The summed E-state index contributed by atoms with van der Waals surface area (Å²) in [5.41, 5.74) is 1.41. The Hall–Kier alpha value is -0.900. The second kappa shape index (κ2) is 7.04. The van der Waals surface area contributed by atoms with Crippen LogP contribution in [0, 0.1) is 0 Å². The lowest BCUT2D eigenvalue weighted by Gasteiger charge is -2.40. The SMILES string of the molecule is COC(C)CN1CC(Cc2ccccc2)NCC1C. The molecule has 0 amide bonds. The zero-order valence-electron chi connectivity index (χ0n) is 12.3. The molecule has 3 atom stereocenters. The molecule has 0 aromatic heterocycles. The van der Waals surface area contributed by atoms with Crippen LogP contribution in [-0.4, -0.2) is 49.8 Å². The van der Waals surface area contributed by atoms with E-state index >= 15 is 0 Å². The Morgan fingerprint density at radius 1 is 1.37 bits per heavy atom. The molecule has 1 aromatic carbocycles. The normalized spacial score (nSPS) is 26.3. The van der Waals surface area contributed by atoms with Gasteiger partial charge < -0.3 is 10.1 Å². The third-order valence-electron chi connectivity index (χ3n) is 4.00. The molecule has 1 heterocycles. The molecule has 1 fully saturated rings. The molecule has 1 N–H and O–H groups in total. The zero-order valence-corrected chi connectivity index (χ0v) is 12.3. The van der Waals surface area contributed by atoms with Crippen molar-refractivity contribution in [1.29, 1.82) is 0 Å². The van der Waals surface area contributed by atoms with Crippen LogP contribution in [0.1, 0.15) is 19.4 Å². The van der Waals surface area contributed by atoms with E-state index in [0.29, 0.717) is 18.2 Å². The molecule has 0 radical (unpaired) electrons. The van der Waals surface area contributed by atoms with Crippen LogP contribution >= 0.6 is 0 Å². The number of nitrogens with zero attached hydrogens (tertiary/aromatic N) is 1. The molecule has 19 heavy (non-hydrogen) atoms. The lowest BCUT2D eigenvalue weighted by molar-refractivity contribution is 0.0455. The molecule has 106 valence electrons. The molecular weight excluding hydrogens is 236 g/mol. The fourth-order valence-corrected chi connectivity index (χ4v) is 2.69. The maximum absolute atomic E-state index is 5.39. The van der Waals surface area contributed by atoms with E-state index in [1.54, 1.807) is 7.11 Å². The number of methoxy groups -OCH3 is 1. The summed E-state index contributed by atoms with van der Waals surface area (Å²) in [7, 11) is 1.79. The Balaban J connectivity index is 1.89. The summed E-state index contributed by atoms with van der Waals surface area (Å²) >= 11 is 0. The highest BCUT2D eigenvalue weighted by Gasteiger charge is 2.25. The van der Waals surface area contributed by atoms with E-state index in [1.807, 2.05) is 0 Å². The maximum atomic E-state index is 5.39. The van der Waals surface area contributed by atoms with Crippen molar-refractivity contribution in [2.45, 2.75) is 38.5 Å².